The molecule has 0 radical (unpaired) electrons. The number of aromatic carboxylic acids is 2. The Balaban J connectivity index is 1.49. The van der Waals surface area contributed by atoms with Gasteiger partial charge in [-0.25, -0.2) is 19.2 Å². The van der Waals surface area contributed by atoms with Gasteiger partial charge in [0.2, 0.25) is 41.4 Å². The molecule has 0 aliphatic carbocycles. The van der Waals surface area contributed by atoms with E-state index < -0.39 is 95.3 Å². The number of ketones is 5. The molecule has 0 aromatic heterocycles. The first kappa shape index (κ1) is 127. The highest BCUT2D eigenvalue weighted by Crippen LogP contribution is 2.26. The van der Waals surface area contributed by atoms with Crippen molar-refractivity contribution in [1.29, 1.82) is 0 Å². The average Bonchev–Trinajstić information content (AvgIpc) is 0.868. The van der Waals surface area contributed by atoms with Crippen LogP contribution in [0.25, 0.3) is 0 Å². The number of carboxylic acids is 5. The molecule has 0 saturated heterocycles. The molecule has 0 heterocycles. The molecule has 0 aliphatic heterocycles. The molecular weight excluding hydrogens is 1810 g/mol. The number of carbonyl (C=O) groups is 17. The Morgan fingerprint density at radius 2 is 0.574 bits per heavy atom. The Morgan fingerprint density at radius 3 is 0.950 bits per heavy atom. The van der Waals surface area contributed by atoms with E-state index in [-0.39, 0.29) is 154 Å². The Morgan fingerprint density at radius 1 is 0.284 bits per heavy atom. The Kier molecular flexibility index (Phi) is 71.4. The molecule has 22 N–H and O–H groups in total. The monoisotopic (exact) mass is 1990 g/mol. The fourth-order valence-corrected chi connectivity index (χ4v) is 16.2. The minimum Gasteiger partial charge on any atom is -0.494 e. The number of aliphatic carboxylic acids is 3. The van der Waals surface area contributed by atoms with Crippen molar-refractivity contribution in [3.8, 4) is 11.5 Å². The molecule has 141 heavy (non-hydrogen) atoms. The number of amides is 7. The highest BCUT2D eigenvalue weighted by atomic mass is 16.5. The topological polar surface area (TPSA) is 624 Å². The Labute approximate surface area is 835 Å². The van der Waals surface area contributed by atoms with E-state index in [0.29, 0.717) is 198 Å². The quantitative estimate of drug-likeness (QED) is 0.0274. The van der Waals surface area contributed by atoms with Crippen molar-refractivity contribution in [2.75, 3.05) is 45.9 Å². The van der Waals surface area contributed by atoms with Crippen molar-refractivity contribution < 1.29 is 117 Å². The van der Waals surface area contributed by atoms with Crippen LogP contribution in [-0.2, 0) is 71.9 Å². The number of carboxylic acid groups (broad SMARTS) is 5. The molecule has 2 rings (SSSR count). The first-order valence-corrected chi connectivity index (χ1v) is 52.5. The molecule has 36 nitrogen and oxygen atoms in total. The minimum absolute atomic E-state index is 0.00308. The summed E-state index contributed by atoms with van der Waals surface area (Å²) in [6.07, 6.45) is 34.1. The van der Waals surface area contributed by atoms with Gasteiger partial charge in [0, 0.05) is 109 Å². The van der Waals surface area contributed by atoms with Crippen molar-refractivity contribution in [3.63, 3.8) is 0 Å². The molecular formula is C105H174N12O24. The van der Waals surface area contributed by atoms with Crippen LogP contribution >= 0.6 is 0 Å². The fourth-order valence-electron chi connectivity index (χ4n) is 16.2. The van der Waals surface area contributed by atoms with Gasteiger partial charge in [0.15, 0.2) is 5.78 Å². The number of nitrogens with one attached hydrogen (secondary N) is 7. The fraction of sp³-hybridized carbons (Fsp3) is 0.724. The van der Waals surface area contributed by atoms with Gasteiger partial charge in [0.1, 0.15) is 46.7 Å². The van der Waals surface area contributed by atoms with Crippen LogP contribution < -0.4 is 75.4 Å². The second-order valence-corrected chi connectivity index (χ2v) is 38.4. The van der Waals surface area contributed by atoms with Crippen molar-refractivity contribution in [1.82, 2.24) is 37.2 Å². The number of hydrogen-bond acceptors (Lipinski definition) is 24. The van der Waals surface area contributed by atoms with Crippen LogP contribution in [0.3, 0.4) is 0 Å². The summed E-state index contributed by atoms with van der Waals surface area (Å²) in [6, 6.07) is 7.25. The van der Waals surface area contributed by atoms with Gasteiger partial charge >= 0.3 is 29.8 Å². The molecule has 2 aromatic carbocycles. The predicted molar refractivity (Wildman–Crippen MR) is 540 cm³/mol. The Bertz CT molecular complexity index is 3980. The van der Waals surface area contributed by atoms with E-state index in [4.69, 9.17) is 48.4 Å². The standard InChI is InChI=1S/C105H174N12O24/c1-105(2,110)92(122)75-78(42-31-36-69-113-97(127)86(108)49-26-21-27-51-90(120)84(106)47-33-38-68-112-94(124)66-65-89(104(138)139)117-96(126)54-30-16-11-17-35-67-111-93(123)52-28-14-6-4-10-19-41-73-141-83-62-57-77(58-63-83)101(132)133)91(121)74-79(102(134)135)43-32-37-70-114-99(129)87(109)50-34-39-71-115-98(128)85(107)48-25-20-24-46-81(119)59-64-88(103(136)137)116-95(125)53-29-15-8-7-13-23-45-80(118)44-22-12-5-3-9-18-40-72-140-82-60-55-76(56-61-82)100(130)131/h55-58,60-63,78-79,84-89H,3-54,59,64-75,106-110H2,1-2H3,(H,111,123)(H,112,124)(H,113,127)(H,114,129)(H,115,128)(H,116,125)(H,117,126)(H,130,131)(H,132,133)(H,134,135)(H,136,137)(H,138,139)/t78-,79-,84+,85+,86+,87+,88+,89+/m1/s1. The van der Waals surface area contributed by atoms with Crippen LogP contribution in [-0.4, -0.2) is 213 Å². The molecule has 0 bridgehead atoms. The van der Waals surface area contributed by atoms with Crippen LogP contribution in [0.5, 0.6) is 11.5 Å². The zero-order valence-electron chi connectivity index (χ0n) is 84.6. The van der Waals surface area contributed by atoms with Gasteiger partial charge in [-0.05, 0) is 216 Å². The smallest absolute Gasteiger partial charge is 0.335 e. The summed E-state index contributed by atoms with van der Waals surface area (Å²) in [5.41, 5.74) is 30.0. The molecule has 7 amide bonds. The molecule has 2 aromatic rings. The lowest BCUT2D eigenvalue weighted by molar-refractivity contribution is -0.145. The van der Waals surface area contributed by atoms with Crippen LogP contribution in [0.4, 0.5) is 0 Å². The summed E-state index contributed by atoms with van der Waals surface area (Å²) in [4.78, 5) is 212. The predicted octanol–water partition coefficient (Wildman–Crippen LogP) is 13.1. The van der Waals surface area contributed by atoms with Crippen molar-refractivity contribution >= 4 is 100 Å². The lowest BCUT2D eigenvalue weighted by Gasteiger charge is -2.23. The van der Waals surface area contributed by atoms with Crippen LogP contribution in [0.2, 0.25) is 0 Å². The number of nitrogens with two attached hydrogens (primary N) is 5. The lowest BCUT2D eigenvalue weighted by atomic mass is 9.83. The number of Topliss-reactive ketones (excluding diaryl/α,β-unsaturated/α-hetero) is 5. The average molecular weight is 1990 g/mol. The van der Waals surface area contributed by atoms with E-state index in [0.717, 1.165) is 148 Å². The van der Waals surface area contributed by atoms with E-state index >= 15 is 0 Å². The third-order valence-corrected chi connectivity index (χ3v) is 25.3. The van der Waals surface area contributed by atoms with E-state index in [1.165, 1.54) is 38.1 Å². The third kappa shape index (κ3) is 67.1. The summed E-state index contributed by atoms with van der Waals surface area (Å²) in [6.45, 7) is 5.87. The zero-order chi connectivity index (χ0) is 104. The van der Waals surface area contributed by atoms with Gasteiger partial charge in [-0.2, -0.15) is 0 Å². The van der Waals surface area contributed by atoms with E-state index in [9.17, 15) is 96.8 Å². The summed E-state index contributed by atoms with van der Waals surface area (Å²) >= 11 is 0. The summed E-state index contributed by atoms with van der Waals surface area (Å²) in [7, 11) is 0. The van der Waals surface area contributed by atoms with Gasteiger partial charge < -0.3 is 101 Å². The first-order valence-electron chi connectivity index (χ1n) is 52.5. The van der Waals surface area contributed by atoms with E-state index in [1.807, 2.05) is 0 Å². The van der Waals surface area contributed by atoms with Crippen LogP contribution in [0.1, 0.15) is 407 Å². The molecule has 36 heteroatoms. The van der Waals surface area contributed by atoms with E-state index in [1.54, 1.807) is 24.3 Å². The third-order valence-electron chi connectivity index (χ3n) is 25.3. The second-order valence-electron chi connectivity index (χ2n) is 38.4. The number of ether oxygens (including phenoxy) is 2. The zero-order valence-corrected chi connectivity index (χ0v) is 84.6. The SMILES string of the molecule is CC(C)(N)C(=O)C[C@@H](CCCCNC(=O)[C@@H](N)CCCCCC(=O)[C@@H](N)CCCCNC(=O)CC[C@H](NC(=O)CCCCCCCNC(=O)CCCCCCCCCOc1ccc(C(=O)O)cc1)C(=O)O)C(=O)C[C@@H](CCCCNC(=O)[C@@H](N)CCCCNC(=O)[C@@H](N)CCCCCC(=O)CC[C@H](NC(=O)CCCCCCCCC(=O)CCCCCCCCCOc1ccc(C(=O)O)cc1)C(=O)O)C(=O)O. The van der Waals surface area contributed by atoms with Crippen molar-refractivity contribution in [3.05, 3.63) is 59.7 Å². The number of rotatable bonds is 94. The van der Waals surface area contributed by atoms with Gasteiger partial charge in [0.25, 0.3) is 0 Å². The van der Waals surface area contributed by atoms with Crippen LogP contribution in [0, 0.1) is 11.8 Å². The van der Waals surface area contributed by atoms with Gasteiger partial charge in [-0.1, -0.05) is 148 Å². The maximum atomic E-state index is 13.8. The van der Waals surface area contributed by atoms with Crippen molar-refractivity contribution in [2.45, 2.75) is 428 Å². The van der Waals surface area contributed by atoms with Gasteiger partial charge in [-0.15, -0.1) is 0 Å². The molecule has 0 saturated carbocycles. The normalized spacial score (nSPS) is 13.0. The molecule has 0 fully saturated rings. The van der Waals surface area contributed by atoms with Crippen LogP contribution in [0.15, 0.2) is 48.5 Å². The number of hydrogen-bond donors (Lipinski definition) is 17. The molecule has 0 spiro atoms. The number of unbranched alkanes of at least 4 members (excludes halogenated alkanes) is 29. The number of carbonyl (C=O) groups excluding carboxylic acids is 12. The van der Waals surface area contributed by atoms with E-state index in [2.05, 4.69) is 37.2 Å². The maximum absolute atomic E-state index is 13.8. The maximum Gasteiger partial charge on any atom is 0.335 e. The highest BCUT2D eigenvalue weighted by molar-refractivity contribution is 5.94. The Hall–Kier alpha value is -10.2. The number of benzene rings is 2. The molecule has 0 aliphatic rings. The van der Waals surface area contributed by atoms with Gasteiger partial charge in [-0.3, -0.25) is 62.3 Å². The van der Waals surface area contributed by atoms with Gasteiger partial charge in [0.05, 0.1) is 60.0 Å². The highest BCUT2D eigenvalue weighted by Gasteiger charge is 2.32. The summed E-state index contributed by atoms with van der Waals surface area (Å²) < 4.78 is 11.4. The molecule has 798 valence electrons. The largest absolute Gasteiger partial charge is 0.494 e. The minimum atomic E-state index is -1.24. The second kappa shape index (κ2) is 79.3. The summed E-state index contributed by atoms with van der Waals surface area (Å²) in [5, 5.41) is 66.8. The molecule has 8 atom stereocenters. The van der Waals surface area contributed by atoms with Crippen molar-refractivity contribution in [2.24, 2.45) is 40.5 Å². The first-order chi connectivity index (χ1) is 67.5. The molecule has 0 unspecified atom stereocenters. The lowest BCUT2D eigenvalue weighted by Crippen LogP contribution is -2.43. The summed E-state index contributed by atoms with van der Waals surface area (Å²) in [5.74, 6) is -8.97.